The van der Waals surface area contributed by atoms with Gasteiger partial charge in [0.1, 0.15) is 0 Å². The van der Waals surface area contributed by atoms with Crippen LogP contribution in [0.25, 0.3) is 0 Å². The van der Waals surface area contributed by atoms with Crippen LogP contribution in [0.1, 0.15) is 58.8 Å². The van der Waals surface area contributed by atoms with Gasteiger partial charge in [0, 0.05) is 5.92 Å². The van der Waals surface area contributed by atoms with E-state index in [0.717, 1.165) is 31.6 Å². The van der Waals surface area contributed by atoms with Crippen molar-refractivity contribution in [3.05, 3.63) is 0 Å². The molecular formula is C14H25NO. The van der Waals surface area contributed by atoms with E-state index in [0.29, 0.717) is 11.8 Å². The van der Waals surface area contributed by atoms with E-state index in [-0.39, 0.29) is 6.10 Å². The van der Waals surface area contributed by atoms with Crippen molar-refractivity contribution in [1.82, 2.24) is 0 Å². The first-order chi connectivity index (χ1) is 7.63. The smallest absolute Gasteiger partial charge is 0.0655 e. The maximum Gasteiger partial charge on any atom is 0.0655 e. The molecule has 4 unspecified atom stereocenters. The molecule has 2 nitrogen and oxygen atoms in total. The van der Waals surface area contributed by atoms with E-state index in [4.69, 9.17) is 5.26 Å². The third-order valence-electron chi connectivity index (χ3n) is 4.04. The molecule has 0 aliphatic heterocycles. The number of aliphatic hydroxyl groups is 1. The number of hydrogen-bond acceptors (Lipinski definition) is 2. The Bertz CT molecular complexity index is 231. The highest BCUT2D eigenvalue weighted by molar-refractivity contribution is 4.86. The van der Waals surface area contributed by atoms with E-state index in [1.165, 1.54) is 19.3 Å². The van der Waals surface area contributed by atoms with Gasteiger partial charge in [-0.25, -0.2) is 0 Å². The fourth-order valence-electron chi connectivity index (χ4n) is 2.77. The molecule has 1 saturated carbocycles. The standard InChI is InChI=1S/C14H25NO/c1-11(6-7-12(2)16)14-5-3-4-13(10-15)8-9-14/h11-14,16H,3-9H2,1-2H3. The summed E-state index contributed by atoms with van der Waals surface area (Å²) >= 11 is 0. The van der Waals surface area contributed by atoms with Gasteiger partial charge >= 0.3 is 0 Å². The van der Waals surface area contributed by atoms with Gasteiger partial charge in [-0.3, -0.25) is 0 Å². The molecular weight excluding hydrogens is 198 g/mol. The SMILES string of the molecule is CC(O)CCC(C)C1CCCC(C#N)CC1. The lowest BCUT2D eigenvalue weighted by molar-refractivity contribution is 0.164. The Morgan fingerprint density at radius 2 is 1.94 bits per heavy atom. The lowest BCUT2D eigenvalue weighted by Gasteiger charge is -2.22. The van der Waals surface area contributed by atoms with Gasteiger partial charge in [-0.1, -0.05) is 19.8 Å². The third kappa shape index (κ3) is 4.53. The van der Waals surface area contributed by atoms with Gasteiger partial charge in [0.25, 0.3) is 0 Å². The third-order valence-corrected chi connectivity index (χ3v) is 4.04. The summed E-state index contributed by atoms with van der Waals surface area (Å²) in [6, 6.07) is 2.41. The topological polar surface area (TPSA) is 44.0 Å². The van der Waals surface area contributed by atoms with Crippen LogP contribution in [0.3, 0.4) is 0 Å². The van der Waals surface area contributed by atoms with Gasteiger partial charge in [-0.15, -0.1) is 0 Å². The number of hydrogen-bond donors (Lipinski definition) is 1. The Hall–Kier alpha value is -0.550. The van der Waals surface area contributed by atoms with E-state index in [1.807, 2.05) is 6.92 Å². The molecule has 1 aliphatic carbocycles. The van der Waals surface area contributed by atoms with Gasteiger partial charge in [0.2, 0.25) is 0 Å². The quantitative estimate of drug-likeness (QED) is 0.741. The second-order valence-corrected chi connectivity index (χ2v) is 5.50. The highest BCUT2D eigenvalue weighted by Crippen LogP contribution is 2.33. The van der Waals surface area contributed by atoms with E-state index < -0.39 is 0 Å². The van der Waals surface area contributed by atoms with Crippen molar-refractivity contribution in [2.75, 3.05) is 0 Å². The van der Waals surface area contributed by atoms with Crippen molar-refractivity contribution in [3.8, 4) is 6.07 Å². The molecule has 0 saturated heterocycles. The van der Waals surface area contributed by atoms with Crippen LogP contribution in [0.2, 0.25) is 0 Å². The predicted octanol–water partition coefficient (Wildman–Crippen LogP) is 3.50. The van der Waals surface area contributed by atoms with E-state index >= 15 is 0 Å². The minimum Gasteiger partial charge on any atom is -0.393 e. The zero-order valence-corrected chi connectivity index (χ0v) is 10.7. The molecule has 0 bridgehead atoms. The average molecular weight is 223 g/mol. The molecule has 1 fully saturated rings. The number of nitrogens with zero attached hydrogens (tertiary/aromatic N) is 1. The summed E-state index contributed by atoms with van der Waals surface area (Å²) in [5.74, 6) is 1.78. The van der Waals surface area contributed by atoms with Gasteiger partial charge < -0.3 is 5.11 Å². The van der Waals surface area contributed by atoms with Crippen LogP contribution < -0.4 is 0 Å². The molecule has 1 rings (SSSR count). The van der Waals surface area contributed by atoms with Crippen LogP contribution in [-0.2, 0) is 0 Å². The molecule has 0 amide bonds. The summed E-state index contributed by atoms with van der Waals surface area (Å²) in [6.45, 7) is 4.17. The van der Waals surface area contributed by atoms with Crippen LogP contribution in [0.5, 0.6) is 0 Å². The minimum absolute atomic E-state index is 0.167. The molecule has 1 aliphatic rings. The summed E-state index contributed by atoms with van der Waals surface area (Å²) in [5.41, 5.74) is 0. The molecule has 0 spiro atoms. The Kier molecular flexibility index (Phi) is 5.84. The molecule has 0 aromatic carbocycles. The van der Waals surface area contributed by atoms with Gasteiger partial charge in [-0.05, 0) is 50.9 Å². The van der Waals surface area contributed by atoms with Crippen LogP contribution in [0, 0.1) is 29.1 Å². The first-order valence-electron chi connectivity index (χ1n) is 6.71. The molecule has 1 N–H and O–H groups in total. The molecule has 4 atom stereocenters. The zero-order valence-electron chi connectivity index (χ0n) is 10.7. The lowest BCUT2D eigenvalue weighted by Crippen LogP contribution is -2.13. The highest BCUT2D eigenvalue weighted by atomic mass is 16.3. The Balaban J connectivity index is 2.33. The molecule has 0 heterocycles. The maximum atomic E-state index is 9.29. The van der Waals surface area contributed by atoms with Crippen molar-refractivity contribution in [1.29, 1.82) is 5.26 Å². The Morgan fingerprint density at radius 1 is 1.19 bits per heavy atom. The van der Waals surface area contributed by atoms with Crippen LogP contribution >= 0.6 is 0 Å². The summed E-state index contributed by atoms with van der Waals surface area (Å²) < 4.78 is 0. The molecule has 0 aromatic heterocycles. The number of aliphatic hydroxyl groups excluding tert-OH is 1. The van der Waals surface area contributed by atoms with Crippen LogP contribution in [0.15, 0.2) is 0 Å². The first-order valence-corrected chi connectivity index (χ1v) is 6.71. The van der Waals surface area contributed by atoms with Crippen molar-refractivity contribution in [3.63, 3.8) is 0 Å². The number of nitriles is 1. The van der Waals surface area contributed by atoms with Gasteiger partial charge in [0.15, 0.2) is 0 Å². The van der Waals surface area contributed by atoms with E-state index in [1.54, 1.807) is 0 Å². The fourth-order valence-corrected chi connectivity index (χ4v) is 2.77. The summed E-state index contributed by atoms with van der Waals surface area (Å²) in [7, 11) is 0. The Labute approximate surface area is 99.7 Å². The minimum atomic E-state index is -0.167. The fraction of sp³-hybridized carbons (Fsp3) is 0.929. The average Bonchev–Trinajstić information content (AvgIpc) is 2.50. The zero-order chi connectivity index (χ0) is 12.0. The molecule has 92 valence electrons. The molecule has 0 radical (unpaired) electrons. The second kappa shape index (κ2) is 6.91. The molecule has 2 heteroatoms. The highest BCUT2D eigenvalue weighted by Gasteiger charge is 2.22. The second-order valence-electron chi connectivity index (χ2n) is 5.50. The predicted molar refractivity (Wildman–Crippen MR) is 65.8 cm³/mol. The normalized spacial score (nSPS) is 30.1. The number of rotatable bonds is 4. The van der Waals surface area contributed by atoms with E-state index in [2.05, 4.69) is 13.0 Å². The van der Waals surface area contributed by atoms with Crippen molar-refractivity contribution >= 4 is 0 Å². The summed E-state index contributed by atoms with van der Waals surface area (Å²) in [6.07, 6.45) is 7.75. The van der Waals surface area contributed by atoms with E-state index in [9.17, 15) is 5.11 Å². The lowest BCUT2D eigenvalue weighted by atomic mass is 9.84. The Morgan fingerprint density at radius 3 is 2.56 bits per heavy atom. The van der Waals surface area contributed by atoms with Crippen LogP contribution in [0.4, 0.5) is 0 Å². The van der Waals surface area contributed by atoms with Crippen molar-refractivity contribution in [2.24, 2.45) is 17.8 Å². The van der Waals surface area contributed by atoms with Gasteiger partial charge in [0.05, 0.1) is 12.2 Å². The molecule has 0 aromatic rings. The summed E-state index contributed by atoms with van der Waals surface area (Å²) in [5, 5.41) is 18.2. The van der Waals surface area contributed by atoms with Crippen LogP contribution in [-0.4, -0.2) is 11.2 Å². The van der Waals surface area contributed by atoms with Gasteiger partial charge in [-0.2, -0.15) is 5.26 Å². The molecule has 16 heavy (non-hydrogen) atoms. The van der Waals surface area contributed by atoms with Crippen molar-refractivity contribution < 1.29 is 5.11 Å². The monoisotopic (exact) mass is 223 g/mol. The summed E-state index contributed by atoms with van der Waals surface area (Å²) in [4.78, 5) is 0. The largest absolute Gasteiger partial charge is 0.393 e. The maximum absolute atomic E-state index is 9.29. The first kappa shape index (κ1) is 13.5. The van der Waals surface area contributed by atoms with Crippen molar-refractivity contribution in [2.45, 2.75) is 64.9 Å².